The quantitative estimate of drug-likeness (QED) is 0.893. The number of benzene rings is 1. The van der Waals surface area contributed by atoms with E-state index in [2.05, 4.69) is 30.9 Å². The van der Waals surface area contributed by atoms with Crippen molar-refractivity contribution in [1.29, 1.82) is 0 Å². The molecule has 1 aliphatic heterocycles. The molecule has 1 heterocycles. The maximum absolute atomic E-state index is 11.3. The lowest BCUT2D eigenvalue weighted by atomic mass is 9.84. The minimum absolute atomic E-state index is 0.490. The molecule has 18 heavy (non-hydrogen) atoms. The lowest BCUT2D eigenvalue weighted by Crippen LogP contribution is -2.29. The highest BCUT2D eigenvalue weighted by atomic mass is 16.4. The number of anilines is 1. The number of nitrogens with zero attached hydrogens (tertiary/aromatic N) is 1. The maximum Gasteiger partial charge on any atom is 0.313 e. The zero-order chi connectivity index (χ0) is 13.5. The number of hydrogen-bond donors (Lipinski definition) is 1. The molecule has 0 bridgehead atoms. The second kappa shape index (κ2) is 4.30. The van der Waals surface area contributed by atoms with Gasteiger partial charge in [-0.3, -0.25) is 4.79 Å². The second-order valence-corrected chi connectivity index (χ2v) is 5.81. The average Bonchev–Trinajstić information content (AvgIpc) is 2.71. The van der Waals surface area contributed by atoms with Crippen LogP contribution in [-0.2, 0) is 16.6 Å². The molecule has 1 aromatic rings. The van der Waals surface area contributed by atoms with Gasteiger partial charge < -0.3 is 10.0 Å². The Balaban J connectivity index is 2.39. The van der Waals surface area contributed by atoms with Crippen molar-refractivity contribution < 1.29 is 9.90 Å². The van der Waals surface area contributed by atoms with Crippen molar-refractivity contribution in [2.75, 3.05) is 11.4 Å². The normalized spacial score (nSPS) is 15.1. The van der Waals surface area contributed by atoms with Crippen LogP contribution in [0.25, 0.3) is 0 Å². The van der Waals surface area contributed by atoms with Crippen LogP contribution in [0, 0.1) is 0 Å². The van der Waals surface area contributed by atoms with Gasteiger partial charge in [0.15, 0.2) is 0 Å². The van der Waals surface area contributed by atoms with E-state index in [-0.39, 0.29) is 0 Å². The molecule has 0 radical (unpaired) electrons. The van der Waals surface area contributed by atoms with Gasteiger partial charge in [0.2, 0.25) is 0 Å². The lowest BCUT2D eigenvalue weighted by Gasteiger charge is -2.25. The van der Waals surface area contributed by atoms with Crippen LogP contribution < -0.4 is 4.90 Å². The van der Waals surface area contributed by atoms with Gasteiger partial charge in [0.05, 0.1) is 5.41 Å². The van der Waals surface area contributed by atoms with Crippen LogP contribution in [0.4, 0.5) is 5.69 Å². The smallest absolute Gasteiger partial charge is 0.313 e. The number of fused-ring (bicyclic) bond motifs is 1. The number of carboxylic acids is 1. The van der Waals surface area contributed by atoms with Crippen LogP contribution in [0.1, 0.15) is 38.8 Å². The van der Waals surface area contributed by atoms with E-state index in [0.717, 1.165) is 18.5 Å². The van der Waals surface area contributed by atoms with E-state index in [9.17, 15) is 9.90 Å². The second-order valence-electron chi connectivity index (χ2n) is 5.81. The third kappa shape index (κ3) is 1.98. The molecule has 1 aromatic carbocycles. The number of carboxylic acid groups (broad SMARTS) is 1. The van der Waals surface area contributed by atoms with E-state index in [1.54, 1.807) is 13.8 Å². The zero-order valence-corrected chi connectivity index (χ0v) is 11.5. The van der Waals surface area contributed by atoms with Gasteiger partial charge >= 0.3 is 5.97 Å². The number of hydrogen-bond acceptors (Lipinski definition) is 2. The average molecular weight is 247 g/mol. The van der Waals surface area contributed by atoms with Crippen LogP contribution in [-0.4, -0.2) is 23.7 Å². The largest absolute Gasteiger partial charge is 0.481 e. The third-order valence-electron chi connectivity index (χ3n) is 3.89. The van der Waals surface area contributed by atoms with E-state index in [4.69, 9.17) is 0 Å². The van der Waals surface area contributed by atoms with Gasteiger partial charge in [-0.2, -0.15) is 0 Å². The fourth-order valence-electron chi connectivity index (χ4n) is 2.48. The first-order valence-electron chi connectivity index (χ1n) is 6.47. The summed E-state index contributed by atoms with van der Waals surface area (Å²) in [5, 5.41) is 9.27. The fraction of sp³-hybridized carbons (Fsp3) is 0.533. The molecule has 3 heteroatoms. The molecule has 1 aliphatic rings. The Labute approximate surface area is 108 Å². The van der Waals surface area contributed by atoms with Crippen molar-refractivity contribution in [1.82, 2.24) is 0 Å². The van der Waals surface area contributed by atoms with Crippen LogP contribution in [0.5, 0.6) is 0 Å². The van der Waals surface area contributed by atoms with Gasteiger partial charge in [-0.05, 0) is 51.3 Å². The van der Waals surface area contributed by atoms with Gasteiger partial charge in [-0.25, -0.2) is 0 Å². The number of rotatable bonds is 3. The van der Waals surface area contributed by atoms with Crippen molar-refractivity contribution in [3.8, 4) is 0 Å². The minimum Gasteiger partial charge on any atom is -0.481 e. The highest BCUT2D eigenvalue weighted by Gasteiger charge is 2.31. The monoisotopic (exact) mass is 247 g/mol. The molecule has 98 valence electrons. The molecule has 0 aliphatic carbocycles. The number of carbonyl (C=O) groups is 1. The maximum atomic E-state index is 11.3. The van der Waals surface area contributed by atoms with Crippen molar-refractivity contribution in [2.24, 2.45) is 0 Å². The molecule has 0 saturated heterocycles. The Kier molecular flexibility index (Phi) is 3.09. The van der Waals surface area contributed by atoms with Crippen LogP contribution in [0.3, 0.4) is 0 Å². The predicted molar refractivity (Wildman–Crippen MR) is 73.3 cm³/mol. The standard InChI is InChI=1S/C15H21NO2/c1-10(2)16-8-7-11-9-12(5-6-13(11)16)15(3,4)14(17)18/h5-6,9-10H,7-8H2,1-4H3,(H,17,18). The van der Waals surface area contributed by atoms with Crippen LogP contribution >= 0.6 is 0 Å². The SMILES string of the molecule is CC(C)N1CCc2cc(C(C)(C)C(=O)O)ccc21. The molecular weight excluding hydrogens is 226 g/mol. The van der Waals surface area contributed by atoms with Crippen LogP contribution in [0.2, 0.25) is 0 Å². The van der Waals surface area contributed by atoms with Gasteiger partial charge in [0.1, 0.15) is 0 Å². The highest BCUT2D eigenvalue weighted by molar-refractivity contribution is 5.80. The van der Waals surface area contributed by atoms with E-state index >= 15 is 0 Å². The summed E-state index contributed by atoms with van der Waals surface area (Å²) in [6.45, 7) is 8.91. The first kappa shape index (κ1) is 12.9. The summed E-state index contributed by atoms with van der Waals surface area (Å²) in [4.78, 5) is 13.7. The van der Waals surface area contributed by atoms with Crippen molar-refractivity contribution >= 4 is 11.7 Å². The Morgan fingerprint density at radius 2 is 2.06 bits per heavy atom. The summed E-state index contributed by atoms with van der Waals surface area (Å²) >= 11 is 0. The first-order valence-corrected chi connectivity index (χ1v) is 6.47. The Hall–Kier alpha value is -1.51. The molecule has 0 amide bonds. The van der Waals surface area contributed by atoms with E-state index in [1.165, 1.54) is 11.3 Å². The Bertz CT molecular complexity index is 477. The molecule has 0 atom stereocenters. The lowest BCUT2D eigenvalue weighted by molar-refractivity contribution is -0.142. The van der Waals surface area contributed by atoms with Crippen molar-refractivity contribution in [3.05, 3.63) is 29.3 Å². The summed E-state index contributed by atoms with van der Waals surface area (Å²) in [7, 11) is 0. The summed E-state index contributed by atoms with van der Waals surface area (Å²) in [6, 6.07) is 6.58. The van der Waals surface area contributed by atoms with E-state index < -0.39 is 11.4 Å². The molecule has 0 fully saturated rings. The van der Waals surface area contributed by atoms with Gasteiger partial charge in [0, 0.05) is 18.3 Å². The minimum atomic E-state index is -0.819. The first-order chi connectivity index (χ1) is 8.34. The molecule has 0 spiro atoms. The summed E-state index contributed by atoms with van der Waals surface area (Å²) in [5.41, 5.74) is 2.60. The predicted octanol–water partition coefficient (Wildman–Crippen LogP) is 2.82. The van der Waals surface area contributed by atoms with E-state index in [0.29, 0.717) is 6.04 Å². The van der Waals surface area contributed by atoms with E-state index in [1.807, 2.05) is 6.07 Å². The van der Waals surface area contributed by atoms with Crippen molar-refractivity contribution in [2.45, 2.75) is 45.6 Å². The molecule has 2 rings (SSSR count). The number of aliphatic carboxylic acids is 1. The molecule has 0 unspecified atom stereocenters. The topological polar surface area (TPSA) is 40.5 Å². The zero-order valence-electron chi connectivity index (χ0n) is 11.5. The van der Waals surface area contributed by atoms with Gasteiger partial charge in [0.25, 0.3) is 0 Å². The molecular formula is C15H21NO2. The van der Waals surface area contributed by atoms with Gasteiger partial charge in [-0.1, -0.05) is 12.1 Å². The molecule has 0 aromatic heterocycles. The fourth-order valence-corrected chi connectivity index (χ4v) is 2.48. The summed E-state index contributed by atoms with van der Waals surface area (Å²) in [6.07, 6.45) is 1.01. The summed E-state index contributed by atoms with van der Waals surface area (Å²) in [5.74, 6) is -0.777. The van der Waals surface area contributed by atoms with Gasteiger partial charge in [-0.15, -0.1) is 0 Å². The van der Waals surface area contributed by atoms with Crippen LogP contribution in [0.15, 0.2) is 18.2 Å². The molecule has 0 saturated carbocycles. The van der Waals surface area contributed by atoms with Crippen molar-refractivity contribution in [3.63, 3.8) is 0 Å². The Morgan fingerprint density at radius 3 is 2.61 bits per heavy atom. The Morgan fingerprint density at radius 1 is 1.39 bits per heavy atom. The third-order valence-corrected chi connectivity index (χ3v) is 3.89. The molecule has 3 nitrogen and oxygen atoms in total. The highest BCUT2D eigenvalue weighted by Crippen LogP contribution is 2.34. The summed E-state index contributed by atoms with van der Waals surface area (Å²) < 4.78 is 0. The molecule has 1 N–H and O–H groups in total.